The van der Waals surface area contributed by atoms with E-state index in [1.807, 2.05) is 11.8 Å². The second-order valence-electron chi connectivity index (χ2n) is 3.62. The predicted octanol–water partition coefficient (Wildman–Crippen LogP) is 2.75. The summed E-state index contributed by atoms with van der Waals surface area (Å²) in [6.07, 6.45) is 2.28. The van der Waals surface area contributed by atoms with Gasteiger partial charge in [-0.3, -0.25) is 0 Å². The predicted molar refractivity (Wildman–Crippen MR) is 61.8 cm³/mol. The summed E-state index contributed by atoms with van der Waals surface area (Å²) in [4.78, 5) is 0. The first-order valence-corrected chi connectivity index (χ1v) is 6.23. The van der Waals surface area contributed by atoms with Gasteiger partial charge in [0.15, 0.2) is 0 Å². The summed E-state index contributed by atoms with van der Waals surface area (Å²) in [5.41, 5.74) is 1.41. The van der Waals surface area contributed by atoms with Crippen LogP contribution in [0.5, 0.6) is 0 Å². The van der Waals surface area contributed by atoms with E-state index in [1.54, 1.807) is 0 Å². The van der Waals surface area contributed by atoms with Crippen LogP contribution in [0.2, 0.25) is 0 Å². The van der Waals surface area contributed by atoms with Crippen molar-refractivity contribution in [1.29, 1.82) is 0 Å². The van der Waals surface area contributed by atoms with Crippen LogP contribution >= 0.6 is 11.8 Å². The summed E-state index contributed by atoms with van der Waals surface area (Å²) >= 11 is 2.00. The van der Waals surface area contributed by atoms with Crippen molar-refractivity contribution in [2.45, 2.75) is 18.1 Å². The van der Waals surface area contributed by atoms with E-state index < -0.39 is 0 Å². The van der Waals surface area contributed by atoms with Crippen LogP contribution in [0.15, 0.2) is 30.3 Å². The summed E-state index contributed by atoms with van der Waals surface area (Å²) in [6, 6.07) is 10.6. The van der Waals surface area contributed by atoms with E-state index in [0.717, 1.165) is 31.3 Å². The molecule has 1 aliphatic rings. The van der Waals surface area contributed by atoms with Crippen molar-refractivity contribution in [1.82, 2.24) is 0 Å². The first-order valence-electron chi connectivity index (χ1n) is 5.18. The fourth-order valence-electron chi connectivity index (χ4n) is 1.40. The quantitative estimate of drug-likeness (QED) is 0.525. The third-order valence-electron chi connectivity index (χ3n) is 2.30. The van der Waals surface area contributed by atoms with Crippen LogP contribution in [-0.2, 0) is 11.2 Å². The lowest BCUT2D eigenvalue weighted by Gasteiger charge is -2.02. The molecule has 1 aromatic carbocycles. The highest BCUT2D eigenvalue weighted by Crippen LogP contribution is 2.29. The molecule has 1 aliphatic heterocycles. The molecule has 1 atom stereocenters. The first kappa shape index (κ1) is 10.1. The molecule has 14 heavy (non-hydrogen) atoms. The second kappa shape index (κ2) is 5.42. The van der Waals surface area contributed by atoms with E-state index in [2.05, 4.69) is 30.3 Å². The van der Waals surface area contributed by atoms with Gasteiger partial charge in [0.1, 0.15) is 0 Å². The lowest BCUT2D eigenvalue weighted by atomic mass is 10.1. The van der Waals surface area contributed by atoms with Gasteiger partial charge < -0.3 is 4.74 Å². The Bertz CT molecular complexity index is 256. The first-order chi connectivity index (χ1) is 6.95. The molecular weight excluding hydrogens is 192 g/mol. The zero-order chi connectivity index (χ0) is 9.64. The molecule has 1 unspecified atom stereocenters. The highest BCUT2D eigenvalue weighted by molar-refractivity contribution is 8.06. The Kier molecular flexibility index (Phi) is 3.90. The molecule has 0 bridgehead atoms. The van der Waals surface area contributed by atoms with Crippen LogP contribution in [0.1, 0.15) is 12.0 Å². The van der Waals surface area contributed by atoms with Gasteiger partial charge in [0, 0.05) is 17.6 Å². The molecule has 2 heteroatoms. The third-order valence-corrected chi connectivity index (χ3v) is 3.24. The van der Waals surface area contributed by atoms with Crippen molar-refractivity contribution < 1.29 is 4.74 Å². The topological polar surface area (TPSA) is 9.23 Å². The van der Waals surface area contributed by atoms with Gasteiger partial charge in [-0.1, -0.05) is 30.3 Å². The summed E-state index contributed by atoms with van der Waals surface area (Å²) < 4.78 is 5.56. The molecule has 1 aromatic rings. The molecule has 0 N–H and O–H groups in total. The molecular formula is C12H16OS. The largest absolute Gasteiger partial charge is 0.380 e. The molecule has 1 heterocycles. The van der Waals surface area contributed by atoms with Gasteiger partial charge in [-0.05, 0) is 18.4 Å². The van der Waals surface area contributed by atoms with E-state index >= 15 is 0 Å². The average Bonchev–Trinajstić information content (AvgIpc) is 3.03. The van der Waals surface area contributed by atoms with Crippen LogP contribution in [0.25, 0.3) is 0 Å². The van der Waals surface area contributed by atoms with Crippen LogP contribution < -0.4 is 0 Å². The number of benzene rings is 1. The summed E-state index contributed by atoms with van der Waals surface area (Å²) in [6.45, 7) is 1.87. The molecule has 0 amide bonds. The van der Waals surface area contributed by atoms with Crippen molar-refractivity contribution >= 4 is 11.8 Å². The number of hydrogen-bond acceptors (Lipinski definition) is 2. The SMILES string of the molecule is c1ccc(CCCOCC2CS2)cc1. The van der Waals surface area contributed by atoms with Gasteiger partial charge in [0.05, 0.1) is 6.61 Å². The van der Waals surface area contributed by atoms with E-state index in [0.29, 0.717) is 0 Å². The van der Waals surface area contributed by atoms with Crippen LogP contribution in [0.3, 0.4) is 0 Å². The van der Waals surface area contributed by atoms with Gasteiger partial charge in [-0.2, -0.15) is 11.8 Å². The Balaban J connectivity index is 1.54. The Labute approximate surface area is 89.9 Å². The van der Waals surface area contributed by atoms with Crippen LogP contribution in [-0.4, -0.2) is 24.2 Å². The average molecular weight is 208 g/mol. The maximum Gasteiger partial charge on any atom is 0.0593 e. The smallest absolute Gasteiger partial charge is 0.0593 e. The van der Waals surface area contributed by atoms with Crippen molar-refractivity contribution in [2.75, 3.05) is 19.0 Å². The molecule has 0 aliphatic carbocycles. The zero-order valence-corrected chi connectivity index (χ0v) is 9.13. The van der Waals surface area contributed by atoms with Gasteiger partial charge in [-0.15, -0.1) is 0 Å². The molecule has 1 saturated heterocycles. The maximum atomic E-state index is 5.56. The molecule has 0 aromatic heterocycles. The standard InChI is InChI=1S/C12H16OS/c1-2-5-11(6-3-1)7-4-8-13-9-12-10-14-12/h1-3,5-6,12H,4,7-10H2. The van der Waals surface area contributed by atoms with E-state index in [4.69, 9.17) is 4.74 Å². The monoisotopic (exact) mass is 208 g/mol. The fraction of sp³-hybridized carbons (Fsp3) is 0.500. The van der Waals surface area contributed by atoms with Crippen molar-refractivity contribution in [2.24, 2.45) is 0 Å². The highest BCUT2D eigenvalue weighted by atomic mass is 32.2. The molecule has 1 fully saturated rings. The summed E-state index contributed by atoms with van der Waals surface area (Å²) in [5, 5.41) is 0.812. The van der Waals surface area contributed by atoms with Crippen molar-refractivity contribution in [3.8, 4) is 0 Å². The number of thioether (sulfide) groups is 1. The molecule has 0 spiro atoms. The van der Waals surface area contributed by atoms with E-state index in [-0.39, 0.29) is 0 Å². The number of ether oxygens (including phenoxy) is 1. The zero-order valence-electron chi connectivity index (χ0n) is 8.32. The Morgan fingerprint density at radius 3 is 2.79 bits per heavy atom. The Morgan fingerprint density at radius 2 is 2.07 bits per heavy atom. The lowest BCUT2D eigenvalue weighted by Crippen LogP contribution is -2.02. The van der Waals surface area contributed by atoms with Crippen LogP contribution in [0, 0.1) is 0 Å². The van der Waals surface area contributed by atoms with Gasteiger partial charge in [0.25, 0.3) is 0 Å². The summed E-state index contributed by atoms with van der Waals surface area (Å²) in [5.74, 6) is 1.30. The van der Waals surface area contributed by atoms with Gasteiger partial charge in [-0.25, -0.2) is 0 Å². The van der Waals surface area contributed by atoms with E-state index in [1.165, 1.54) is 11.3 Å². The number of hydrogen-bond donors (Lipinski definition) is 0. The molecule has 0 radical (unpaired) electrons. The molecule has 0 saturated carbocycles. The Morgan fingerprint density at radius 1 is 1.29 bits per heavy atom. The molecule has 76 valence electrons. The lowest BCUT2D eigenvalue weighted by molar-refractivity contribution is 0.139. The van der Waals surface area contributed by atoms with Crippen molar-refractivity contribution in [3.05, 3.63) is 35.9 Å². The fourth-order valence-corrected chi connectivity index (χ4v) is 1.83. The maximum absolute atomic E-state index is 5.56. The molecule has 1 nitrogen and oxygen atoms in total. The highest BCUT2D eigenvalue weighted by Gasteiger charge is 2.21. The third kappa shape index (κ3) is 3.72. The minimum absolute atomic E-state index is 0.812. The number of aryl methyl sites for hydroxylation is 1. The Hall–Kier alpha value is -0.470. The van der Waals surface area contributed by atoms with Crippen LogP contribution in [0.4, 0.5) is 0 Å². The van der Waals surface area contributed by atoms with Gasteiger partial charge >= 0.3 is 0 Å². The van der Waals surface area contributed by atoms with E-state index in [9.17, 15) is 0 Å². The minimum atomic E-state index is 0.812. The van der Waals surface area contributed by atoms with Crippen molar-refractivity contribution in [3.63, 3.8) is 0 Å². The summed E-state index contributed by atoms with van der Waals surface area (Å²) in [7, 11) is 0. The normalized spacial score (nSPS) is 19.6. The second-order valence-corrected chi connectivity index (χ2v) is 4.95. The number of rotatable bonds is 6. The minimum Gasteiger partial charge on any atom is -0.380 e. The van der Waals surface area contributed by atoms with Gasteiger partial charge in [0.2, 0.25) is 0 Å². The molecule has 2 rings (SSSR count).